The summed E-state index contributed by atoms with van der Waals surface area (Å²) < 4.78 is 0. The van der Waals surface area contributed by atoms with E-state index in [1.807, 2.05) is 0 Å². The molecule has 2 heteroatoms. The minimum Gasteiger partial charge on any atom is -0.374 e. The molecule has 1 aliphatic rings. The molecule has 1 fully saturated rings. The van der Waals surface area contributed by atoms with Gasteiger partial charge in [-0.25, -0.2) is 0 Å². The molecule has 0 amide bonds. The van der Waals surface area contributed by atoms with Gasteiger partial charge in [0.15, 0.2) is 0 Å². The second kappa shape index (κ2) is 9.21. The number of nitrogens with one attached hydrogen (secondary N) is 1. The van der Waals surface area contributed by atoms with Crippen LogP contribution in [0.25, 0.3) is 0 Å². The zero-order valence-corrected chi connectivity index (χ0v) is 12.4. The third kappa shape index (κ3) is 5.26. The van der Waals surface area contributed by atoms with Gasteiger partial charge in [-0.3, -0.25) is 0 Å². The van der Waals surface area contributed by atoms with E-state index in [1.54, 1.807) is 0 Å². The van der Waals surface area contributed by atoms with Crippen LogP contribution in [-0.2, 0) is 0 Å². The first-order valence-electron chi connectivity index (χ1n) is 7.59. The Labute approximate surface area is 113 Å². The summed E-state index contributed by atoms with van der Waals surface area (Å²) in [7, 11) is 0. The molecule has 104 valence electrons. The number of hydrogen-bond donors (Lipinski definition) is 1. The van der Waals surface area contributed by atoms with E-state index in [4.69, 9.17) is 0 Å². The quantitative estimate of drug-likeness (QED) is 0.549. The molecule has 0 unspecified atom stereocenters. The molecule has 0 spiro atoms. The van der Waals surface area contributed by atoms with Crippen LogP contribution in [0.5, 0.6) is 0 Å². The van der Waals surface area contributed by atoms with Crippen molar-refractivity contribution in [2.24, 2.45) is 5.92 Å². The molecule has 2 nitrogen and oxygen atoms in total. The molecule has 0 aromatic carbocycles. The summed E-state index contributed by atoms with van der Waals surface area (Å²) in [5.41, 5.74) is 1.45. The monoisotopic (exact) mass is 250 g/mol. The Kier molecular flexibility index (Phi) is 7.83. The fourth-order valence-electron chi connectivity index (χ4n) is 2.51. The molecule has 1 N–H and O–H groups in total. The van der Waals surface area contributed by atoms with E-state index in [0.717, 1.165) is 19.0 Å². The van der Waals surface area contributed by atoms with E-state index in [2.05, 4.69) is 49.2 Å². The van der Waals surface area contributed by atoms with Crippen LogP contribution in [0.4, 0.5) is 0 Å². The van der Waals surface area contributed by atoms with Crippen LogP contribution in [0.3, 0.4) is 0 Å². The molecule has 0 atom stereocenters. The molecule has 0 bridgehead atoms. The van der Waals surface area contributed by atoms with Crippen molar-refractivity contribution in [3.8, 4) is 0 Å². The lowest BCUT2D eigenvalue weighted by Gasteiger charge is -2.35. The van der Waals surface area contributed by atoms with Gasteiger partial charge >= 0.3 is 0 Å². The van der Waals surface area contributed by atoms with Crippen LogP contribution in [0.15, 0.2) is 23.9 Å². The number of hydrogen-bond acceptors (Lipinski definition) is 2. The van der Waals surface area contributed by atoms with Gasteiger partial charge in [-0.05, 0) is 44.7 Å². The molecule has 0 aliphatic carbocycles. The second-order valence-electron chi connectivity index (χ2n) is 5.20. The summed E-state index contributed by atoms with van der Waals surface area (Å²) in [6.07, 6.45) is 11.8. The average Bonchev–Trinajstić information content (AvgIpc) is 2.43. The lowest BCUT2D eigenvalue weighted by atomic mass is 9.94. The Hall–Kier alpha value is -0.760. The lowest BCUT2D eigenvalue weighted by molar-refractivity contribution is 0.219. The van der Waals surface area contributed by atoms with Gasteiger partial charge in [0, 0.05) is 25.3 Å². The van der Waals surface area contributed by atoms with Crippen LogP contribution in [-0.4, -0.2) is 31.1 Å². The van der Waals surface area contributed by atoms with Gasteiger partial charge in [-0.1, -0.05) is 32.4 Å². The number of likely N-dealkylation sites (tertiary alicyclic amines) is 1. The molecule has 1 aliphatic heterocycles. The standard InChI is InChI=1S/C16H30N2/c1-4-7-8-16(14-17-11-5-2)18-12-9-15(6-3)10-13-18/h4,7-8,15,17H,5-6,9-14H2,1-3H3/b7-4+,16-8+. The fourth-order valence-corrected chi connectivity index (χ4v) is 2.51. The summed E-state index contributed by atoms with van der Waals surface area (Å²) in [5.74, 6) is 0.952. The SMILES string of the molecule is C/C=C/C=C(\CNCCC)N1CCC(CC)CC1. The Morgan fingerprint density at radius 3 is 2.56 bits per heavy atom. The predicted octanol–water partition coefficient (Wildman–Crippen LogP) is 3.57. The molecule has 18 heavy (non-hydrogen) atoms. The van der Waals surface area contributed by atoms with Gasteiger partial charge in [0.25, 0.3) is 0 Å². The Morgan fingerprint density at radius 1 is 1.28 bits per heavy atom. The van der Waals surface area contributed by atoms with E-state index < -0.39 is 0 Å². The van der Waals surface area contributed by atoms with Crippen LogP contribution in [0, 0.1) is 5.92 Å². The van der Waals surface area contributed by atoms with Crippen molar-refractivity contribution < 1.29 is 0 Å². The smallest absolute Gasteiger partial charge is 0.0356 e. The van der Waals surface area contributed by atoms with E-state index in [9.17, 15) is 0 Å². The predicted molar refractivity (Wildman–Crippen MR) is 80.6 cm³/mol. The van der Waals surface area contributed by atoms with Gasteiger partial charge < -0.3 is 10.2 Å². The van der Waals surface area contributed by atoms with E-state index in [-0.39, 0.29) is 0 Å². The normalized spacial score (nSPS) is 18.8. The molecule has 0 radical (unpaired) electrons. The molecular weight excluding hydrogens is 220 g/mol. The number of allylic oxidation sites excluding steroid dienone is 3. The molecule has 0 saturated carbocycles. The van der Waals surface area contributed by atoms with E-state index >= 15 is 0 Å². The average molecular weight is 250 g/mol. The summed E-state index contributed by atoms with van der Waals surface area (Å²) in [5, 5.41) is 3.52. The minimum absolute atomic E-state index is 0.952. The molecule has 0 aromatic rings. The number of nitrogens with zero attached hydrogens (tertiary/aromatic N) is 1. The molecule has 0 aromatic heterocycles. The summed E-state index contributed by atoms with van der Waals surface area (Å²) in [6, 6.07) is 0. The van der Waals surface area contributed by atoms with Gasteiger partial charge in [0.1, 0.15) is 0 Å². The second-order valence-corrected chi connectivity index (χ2v) is 5.20. The van der Waals surface area contributed by atoms with Crippen LogP contribution < -0.4 is 5.32 Å². The minimum atomic E-state index is 0.952. The number of rotatable bonds is 7. The van der Waals surface area contributed by atoms with Crippen molar-refractivity contribution in [2.45, 2.75) is 46.5 Å². The topological polar surface area (TPSA) is 15.3 Å². The van der Waals surface area contributed by atoms with Crippen LogP contribution in [0.1, 0.15) is 46.5 Å². The summed E-state index contributed by atoms with van der Waals surface area (Å²) in [6.45, 7) is 11.2. The Bertz CT molecular complexity index is 260. The highest BCUT2D eigenvalue weighted by Gasteiger charge is 2.18. The highest BCUT2D eigenvalue weighted by atomic mass is 15.2. The van der Waals surface area contributed by atoms with Gasteiger partial charge in [-0.2, -0.15) is 0 Å². The van der Waals surface area contributed by atoms with Crippen molar-refractivity contribution in [2.75, 3.05) is 26.2 Å². The van der Waals surface area contributed by atoms with Crippen molar-refractivity contribution in [3.63, 3.8) is 0 Å². The first-order chi connectivity index (χ1) is 8.81. The highest BCUT2D eigenvalue weighted by Crippen LogP contribution is 2.22. The lowest BCUT2D eigenvalue weighted by Crippen LogP contribution is -2.36. The fraction of sp³-hybridized carbons (Fsp3) is 0.750. The number of piperidine rings is 1. The van der Waals surface area contributed by atoms with Crippen LogP contribution >= 0.6 is 0 Å². The zero-order chi connectivity index (χ0) is 13.2. The molecule has 1 rings (SSSR count). The maximum atomic E-state index is 3.52. The highest BCUT2D eigenvalue weighted by molar-refractivity contribution is 5.13. The summed E-state index contributed by atoms with van der Waals surface area (Å²) in [4.78, 5) is 2.56. The Morgan fingerprint density at radius 2 is 2.00 bits per heavy atom. The maximum absolute atomic E-state index is 3.52. The first-order valence-corrected chi connectivity index (χ1v) is 7.59. The maximum Gasteiger partial charge on any atom is 0.0356 e. The first kappa shape index (κ1) is 15.3. The van der Waals surface area contributed by atoms with E-state index in [1.165, 1.54) is 44.5 Å². The van der Waals surface area contributed by atoms with Crippen molar-refractivity contribution >= 4 is 0 Å². The third-order valence-electron chi connectivity index (χ3n) is 3.81. The van der Waals surface area contributed by atoms with E-state index in [0.29, 0.717) is 0 Å². The Balaban J connectivity index is 2.49. The van der Waals surface area contributed by atoms with Crippen molar-refractivity contribution in [1.29, 1.82) is 0 Å². The van der Waals surface area contributed by atoms with Crippen LogP contribution in [0.2, 0.25) is 0 Å². The summed E-state index contributed by atoms with van der Waals surface area (Å²) >= 11 is 0. The zero-order valence-electron chi connectivity index (χ0n) is 12.4. The van der Waals surface area contributed by atoms with Gasteiger partial charge in [0.2, 0.25) is 0 Å². The molecule has 1 saturated heterocycles. The molecular formula is C16H30N2. The largest absolute Gasteiger partial charge is 0.374 e. The van der Waals surface area contributed by atoms with Crippen molar-refractivity contribution in [1.82, 2.24) is 10.2 Å². The van der Waals surface area contributed by atoms with Crippen molar-refractivity contribution in [3.05, 3.63) is 23.9 Å². The third-order valence-corrected chi connectivity index (χ3v) is 3.81. The molecule has 1 heterocycles. The van der Waals surface area contributed by atoms with Gasteiger partial charge in [0.05, 0.1) is 0 Å². The van der Waals surface area contributed by atoms with Gasteiger partial charge in [-0.15, -0.1) is 0 Å².